The van der Waals surface area contributed by atoms with Crippen LogP contribution < -0.4 is 4.90 Å². The van der Waals surface area contributed by atoms with Gasteiger partial charge in [-0.1, -0.05) is 54.6 Å². The van der Waals surface area contributed by atoms with Crippen molar-refractivity contribution in [2.45, 2.75) is 0 Å². The van der Waals surface area contributed by atoms with Gasteiger partial charge in [0.1, 0.15) is 11.0 Å². The zero-order valence-electron chi connectivity index (χ0n) is 15.2. The molecule has 5 rings (SSSR count). The van der Waals surface area contributed by atoms with E-state index in [1.807, 2.05) is 48.5 Å². The Balaban J connectivity index is 1.63. The van der Waals surface area contributed by atoms with Crippen molar-refractivity contribution in [1.29, 1.82) is 0 Å². The summed E-state index contributed by atoms with van der Waals surface area (Å²) in [6.45, 7) is 0. The van der Waals surface area contributed by atoms with Crippen LogP contribution in [0.3, 0.4) is 0 Å². The van der Waals surface area contributed by atoms with E-state index in [1.165, 1.54) is 0 Å². The number of hydrogen-bond acceptors (Lipinski definition) is 3. The van der Waals surface area contributed by atoms with E-state index in [4.69, 9.17) is 5.10 Å². The van der Waals surface area contributed by atoms with Crippen molar-refractivity contribution in [2.75, 3.05) is 4.90 Å². The summed E-state index contributed by atoms with van der Waals surface area (Å²) in [5.74, 6) is 0. The van der Waals surface area contributed by atoms with Gasteiger partial charge in [0.2, 0.25) is 0 Å². The zero-order chi connectivity index (χ0) is 18.8. The molecule has 0 N–H and O–H groups in total. The van der Waals surface area contributed by atoms with Gasteiger partial charge in [-0.05, 0) is 54.6 Å². The van der Waals surface area contributed by atoms with E-state index in [9.17, 15) is 0 Å². The number of para-hydroxylation sites is 3. The highest BCUT2D eigenvalue weighted by Crippen LogP contribution is 2.35. The molecule has 4 nitrogen and oxygen atoms in total. The van der Waals surface area contributed by atoms with Crippen molar-refractivity contribution in [3.63, 3.8) is 0 Å². The fourth-order valence-corrected chi connectivity index (χ4v) is 3.32. The molecular formula is C24H18N4. The van der Waals surface area contributed by atoms with E-state index in [-0.39, 0.29) is 0 Å². The van der Waals surface area contributed by atoms with Crippen LogP contribution in [0, 0.1) is 0 Å². The summed E-state index contributed by atoms with van der Waals surface area (Å²) in [5.41, 5.74) is 5.92. The number of anilines is 3. The number of benzene rings is 4. The summed E-state index contributed by atoms with van der Waals surface area (Å²) in [4.78, 5) is 3.91. The summed E-state index contributed by atoms with van der Waals surface area (Å²) in [5, 5.41) is 9.31. The highest BCUT2D eigenvalue weighted by atomic mass is 15.5. The Morgan fingerprint density at radius 2 is 1.04 bits per heavy atom. The van der Waals surface area contributed by atoms with Gasteiger partial charge in [0, 0.05) is 17.1 Å². The molecule has 0 atom stereocenters. The van der Waals surface area contributed by atoms with Gasteiger partial charge in [-0.3, -0.25) is 0 Å². The maximum Gasteiger partial charge on any atom is 0.115 e. The van der Waals surface area contributed by atoms with Gasteiger partial charge in [0.25, 0.3) is 0 Å². The van der Waals surface area contributed by atoms with E-state index in [0.717, 1.165) is 33.8 Å². The Hall–Kier alpha value is -3.92. The van der Waals surface area contributed by atoms with Gasteiger partial charge in [-0.25, -0.2) is 0 Å². The van der Waals surface area contributed by atoms with Crippen molar-refractivity contribution >= 4 is 28.1 Å². The molecule has 0 fully saturated rings. The second-order valence-electron chi connectivity index (χ2n) is 6.50. The first-order chi connectivity index (χ1) is 13.9. The lowest BCUT2D eigenvalue weighted by Crippen LogP contribution is -2.09. The molecule has 4 heteroatoms. The van der Waals surface area contributed by atoms with Gasteiger partial charge in [0.15, 0.2) is 0 Å². The molecule has 0 bridgehead atoms. The fourth-order valence-electron chi connectivity index (χ4n) is 3.32. The Morgan fingerprint density at radius 3 is 1.64 bits per heavy atom. The SMILES string of the molecule is c1ccc(N(c2ccccc2)c2ccc3nn(-c4ccccc4)nc3c2)cc1. The summed E-state index contributed by atoms with van der Waals surface area (Å²) >= 11 is 0. The van der Waals surface area contributed by atoms with E-state index >= 15 is 0 Å². The molecule has 5 aromatic rings. The summed E-state index contributed by atoms with van der Waals surface area (Å²) < 4.78 is 0. The molecule has 0 unspecified atom stereocenters. The minimum Gasteiger partial charge on any atom is -0.310 e. The van der Waals surface area contributed by atoms with Gasteiger partial charge in [0.05, 0.1) is 5.69 Å². The smallest absolute Gasteiger partial charge is 0.115 e. The van der Waals surface area contributed by atoms with Crippen LogP contribution in [0.5, 0.6) is 0 Å². The number of nitrogens with zero attached hydrogens (tertiary/aromatic N) is 4. The molecular weight excluding hydrogens is 344 g/mol. The average molecular weight is 362 g/mol. The van der Waals surface area contributed by atoms with Crippen LogP contribution in [0.1, 0.15) is 0 Å². The molecule has 0 saturated heterocycles. The molecule has 28 heavy (non-hydrogen) atoms. The summed E-state index contributed by atoms with van der Waals surface area (Å²) in [6.07, 6.45) is 0. The number of aromatic nitrogens is 3. The van der Waals surface area contributed by atoms with Gasteiger partial charge >= 0.3 is 0 Å². The monoisotopic (exact) mass is 362 g/mol. The molecule has 1 heterocycles. The lowest BCUT2D eigenvalue weighted by molar-refractivity contribution is 0.766. The molecule has 1 aromatic heterocycles. The molecule has 0 saturated carbocycles. The second kappa shape index (κ2) is 7.00. The Kier molecular flexibility index (Phi) is 4.07. The highest BCUT2D eigenvalue weighted by molar-refractivity contribution is 5.84. The normalized spacial score (nSPS) is 10.9. The average Bonchev–Trinajstić information content (AvgIpc) is 3.20. The Morgan fingerprint density at radius 1 is 0.500 bits per heavy atom. The lowest BCUT2D eigenvalue weighted by atomic mass is 10.2. The lowest BCUT2D eigenvalue weighted by Gasteiger charge is -2.25. The van der Waals surface area contributed by atoms with Crippen LogP contribution in [0.25, 0.3) is 16.7 Å². The van der Waals surface area contributed by atoms with Crippen LogP contribution >= 0.6 is 0 Å². The first-order valence-corrected chi connectivity index (χ1v) is 9.21. The van der Waals surface area contributed by atoms with Crippen molar-refractivity contribution in [2.24, 2.45) is 0 Å². The third kappa shape index (κ3) is 3.01. The van der Waals surface area contributed by atoms with E-state index in [0.29, 0.717) is 0 Å². The third-order valence-corrected chi connectivity index (χ3v) is 4.64. The molecule has 4 aromatic carbocycles. The maximum absolute atomic E-state index is 4.69. The minimum absolute atomic E-state index is 0.859. The molecule has 0 spiro atoms. The number of fused-ring (bicyclic) bond motifs is 1. The van der Waals surface area contributed by atoms with Crippen molar-refractivity contribution in [3.05, 3.63) is 109 Å². The largest absolute Gasteiger partial charge is 0.310 e. The van der Waals surface area contributed by atoms with Crippen LogP contribution in [0.2, 0.25) is 0 Å². The van der Waals surface area contributed by atoms with Crippen molar-refractivity contribution in [1.82, 2.24) is 15.0 Å². The standard InChI is InChI=1S/C24H18N4/c1-4-10-19(11-5-1)27(20-12-6-2-7-13-20)22-16-17-23-24(18-22)26-28(25-23)21-14-8-3-9-15-21/h1-18H. The van der Waals surface area contributed by atoms with Crippen molar-refractivity contribution in [3.8, 4) is 5.69 Å². The molecule has 0 aliphatic heterocycles. The van der Waals surface area contributed by atoms with E-state index in [2.05, 4.69) is 70.7 Å². The molecule has 134 valence electrons. The topological polar surface area (TPSA) is 34.0 Å². The molecule has 0 aliphatic rings. The zero-order valence-corrected chi connectivity index (χ0v) is 15.2. The quantitative estimate of drug-likeness (QED) is 0.400. The maximum atomic E-state index is 4.69. The number of rotatable bonds is 4. The predicted molar refractivity (Wildman–Crippen MR) is 114 cm³/mol. The van der Waals surface area contributed by atoms with E-state index in [1.54, 1.807) is 4.80 Å². The van der Waals surface area contributed by atoms with Crippen LogP contribution in [-0.4, -0.2) is 15.0 Å². The van der Waals surface area contributed by atoms with Crippen LogP contribution in [-0.2, 0) is 0 Å². The highest BCUT2D eigenvalue weighted by Gasteiger charge is 2.14. The second-order valence-corrected chi connectivity index (χ2v) is 6.50. The van der Waals surface area contributed by atoms with Crippen LogP contribution in [0.4, 0.5) is 17.1 Å². The first-order valence-electron chi connectivity index (χ1n) is 9.21. The Labute approximate surface area is 163 Å². The van der Waals surface area contributed by atoms with Crippen molar-refractivity contribution < 1.29 is 0 Å². The third-order valence-electron chi connectivity index (χ3n) is 4.64. The Bertz CT molecular complexity index is 1160. The van der Waals surface area contributed by atoms with Gasteiger partial charge in [-0.2, -0.15) is 4.80 Å². The molecule has 0 radical (unpaired) electrons. The fraction of sp³-hybridized carbons (Fsp3) is 0. The summed E-state index contributed by atoms with van der Waals surface area (Å²) in [6, 6.07) is 36.9. The molecule has 0 amide bonds. The van der Waals surface area contributed by atoms with Crippen LogP contribution in [0.15, 0.2) is 109 Å². The first kappa shape index (κ1) is 16.3. The predicted octanol–water partition coefficient (Wildman–Crippen LogP) is 5.89. The van der Waals surface area contributed by atoms with Gasteiger partial charge in [-0.15, -0.1) is 10.2 Å². The number of hydrogen-bond donors (Lipinski definition) is 0. The minimum atomic E-state index is 0.859. The molecule has 0 aliphatic carbocycles. The summed E-state index contributed by atoms with van der Waals surface area (Å²) in [7, 11) is 0. The van der Waals surface area contributed by atoms with Gasteiger partial charge < -0.3 is 4.90 Å². The van der Waals surface area contributed by atoms with E-state index < -0.39 is 0 Å².